The summed E-state index contributed by atoms with van der Waals surface area (Å²) < 4.78 is 5.62. The summed E-state index contributed by atoms with van der Waals surface area (Å²) >= 11 is 6.38. The predicted molar refractivity (Wildman–Crippen MR) is 182 cm³/mol. The summed E-state index contributed by atoms with van der Waals surface area (Å²) in [6.45, 7) is 18.2. The van der Waals surface area contributed by atoms with Gasteiger partial charge in [0.2, 0.25) is 5.91 Å². The van der Waals surface area contributed by atoms with Gasteiger partial charge < -0.3 is 9.84 Å². The minimum atomic E-state index is -0.399. The first-order valence-electron chi connectivity index (χ1n) is 17.8. The average Bonchev–Trinajstić information content (AvgIpc) is 3.46. The van der Waals surface area contributed by atoms with Crippen LogP contribution in [0.2, 0.25) is 5.02 Å². The molecule has 1 aromatic carbocycles. The summed E-state index contributed by atoms with van der Waals surface area (Å²) in [5.74, 6) is 2.83. The Morgan fingerprint density at radius 2 is 1.71 bits per heavy atom. The van der Waals surface area contributed by atoms with Crippen molar-refractivity contribution >= 4 is 17.5 Å². The topological polar surface area (TPSA) is 55.1 Å². The first-order valence-corrected chi connectivity index (χ1v) is 18.2. The van der Waals surface area contributed by atoms with Gasteiger partial charge in [-0.1, -0.05) is 101 Å². The van der Waals surface area contributed by atoms with Gasteiger partial charge in [-0.2, -0.15) is 0 Å². The SMILES string of the molecule is CC1(C)CCC[C@@]2(C)C1CC[C@]1(C)C2CC=C2[C@H]3C[C@@](C)(C(=O)NCc4cc(-c5ccccc5Cl)no4)CC[C@]3(C)CC[C@@]21C. The van der Waals surface area contributed by atoms with E-state index < -0.39 is 5.41 Å². The summed E-state index contributed by atoms with van der Waals surface area (Å²) in [6, 6.07) is 9.52. The molecule has 0 aliphatic heterocycles. The Morgan fingerprint density at radius 3 is 2.49 bits per heavy atom. The van der Waals surface area contributed by atoms with Gasteiger partial charge >= 0.3 is 0 Å². The molecule has 0 saturated heterocycles. The Morgan fingerprint density at radius 1 is 0.956 bits per heavy atom. The van der Waals surface area contributed by atoms with E-state index in [2.05, 4.69) is 65.0 Å². The molecule has 1 amide bonds. The van der Waals surface area contributed by atoms with Crippen LogP contribution in [0.15, 0.2) is 46.5 Å². The zero-order valence-electron chi connectivity index (χ0n) is 28.8. The minimum Gasteiger partial charge on any atom is -0.359 e. The zero-order valence-corrected chi connectivity index (χ0v) is 29.6. The molecule has 5 aliphatic carbocycles. The van der Waals surface area contributed by atoms with Gasteiger partial charge in [0.25, 0.3) is 0 Å². The number of allylic oxidation sites excluding steroid dienone is 2. The van der Waals surface area contributed by atoms with Crippen LogP contribution in [0.3, 0.4) is 0 Å². The van der Waals surface area contributed by atoms with E-state index in [1.165, 1.54) is 51.4 Å². The second-order valence-electron chi connectivity index (χ2n) is 17.9. The molecule has 4 nitrogen and oxygen atoms in total. The van der Waals surface area contributed by atoms with Gasteiger partial charge in [-0.3, -0.25) is 4.79 Å². The van der Waals surface area contributed by atoms with Crippen molar-refractivity contribution in [2.24, 2.45) is 50.2 Å². The lowest BCUT2D eigenvalue weighted by molar-refractivity contribution is -0.180. The average molecular weight is 631 g/mol. The molecule has 7 rings (SSSR count). The first kappa shape index (κ1) is 31.5. The number of aromatic nitrogens is 1. The molecule has 4 fully saturated rings. The largest absolute Gasteiger partial charge is 0.359 e. The van der Waals surface area contributed by atoms with Crippen LogP contribution in [0.4, 0.5) is 0 Å². The van der Waals surface area contributed by atoms with Gasteiger partial charge in [-0.05, 0) is 115 Å². The third-order valence-corrected chi connectivity index (χ3v) is 15.6. The van der Waals surface area contributed by atoms with Gasteiger partial charge in [0.1, 0.15) is 5.69 Å². The number of benzene rings is 1. The fourth-order valence-corrected chi connectivity index (χ4v) is 12.5. The molecule has 1 heterocycles. The molecule has 5 aliphatic rings. The smallest absolute Gasteiger partial charge is 0.226 e. The Balaban J connectivity index is 1.12. The molecule has 5 heteroatoms. The maximum absolute atomic E-state index is 14.0. The molecular weight excluding hydrogens is 576 g/mol. The van der Waals surface area contributed by atoms with Crippen molar-refractivity contribution in [1.29, 1.82) is 0 Å². The van der Waals surface area contributed by atoms with Gasteiger partial charge in [-0.25, -0.2) is 0 Å². The van der Waals surface area contributed by atoms with Crippen LogP contribution in [0.1, 0.15) is 125 Å². The fraction of sp³-hybridized carbons (Fsp3) is 0.700. The third kappa shape index (κ3) is 4.65. The second kappa shape index (κ2) is 10.5. The lowest BCUT2D eigenvalue weighted by Gasteiger charge is -2.71. The van der Waals surface area contributed by atoms with Crippen LogP contribution in [0, 0.1) is 50.2 Å². The Bertz CT molecular complexity index is 1530. The van der Waals surface area contributed by atoms with Crippen molar-refractivity contribution < 1.29 is 9.32 Å². The molecule has 0 radical (unpaired) electrons. The van der Waals surface area contributed by atoms with Gasteiger partial charge in [0.15, 0.2) is 5.76 Å². The van der Waals surface area contributed by atoms with Crippen LogP contribution in [-0.2, 0) is 11.3 Å². The quantitative estimate of drug-likeness (QED) is 0.342. The van der Waals surface area contributed by atoms with Crippen LogP contribution >= 0.6 is 11.6 Å². The van der Waals surface area contributed by atoms with E-state index in [1.807, 2.05) is 30.3 Å². The number of hydrogen-bond acceptors (Lipinski definition) is 3. The van der Waals surface area contributed by atoms with E-state index in [0.717, 1.165) is 36.7 Å². The van der Waals surface area contributed by atoms with Crippen molar-refractivity contribution in [3.63, 3.8) is 0 Å². The highest BCUT2D eigenvalue weighted by atomic mass is 35.5. The van der Waals surface area contributed by atoms with Crippen LogP contribution < -0.4 is 5.32 Å². The highest BCUT2D eigenvalue weighted by Crippen LogP contribution is 2.75. The number of rotatable bonds is 4. The van der Waals surface area contributed by atoms with E-state index in [4.69, 9.17) is 16.1 Å². The number of nitrogens with zero attached hydrogens (tertiary/aromatic N) is 1. The highest BCUT2D eigenvalue weighted by Gasteiger charge is 2.67. The number of nitrogens with one attached hydrogen (secondary N) is 1. The Hall–Kier alpha value is -2.07. The summed E-state index contributed by atoms with van der Waals surface area (Å²) in [5, 5.41) is 8.12. The molecule has 244 valence electrons. The van der Waals surface area contributed by atoms with Crippen molar-refractivity contribution in [3.8, 4) is 11.3 Å². The molecule has 1 N–H and O–H groups in total. The van der Waals surface area contributed by atoms with E-state index in [9.17, 15) is 4.79 Å². The summed E-state index contributed by atoms with van der Waals surface area (Å²) in [5.41, 5.74) is 4.52. The molecule has 0 bridgehead atoms. The zero-order chi connectivity index (χ0) is 32.0. The molecule has 45 heavy (non-hydrogen) atoms. The lowest BCUT2D eigenvalue weighted by atomic mass is 9.34. The van der Waals surface area contributed by atoms with E-state index in [-0.39, 0.29) is 16.7 Å². The van der Waals surface area contributed by atoms with Gasteiger partial charge in [0.05, 0.1) is 11.6 Å². The highest BCUT2D eigenvalue weighted by molar-refractivity contribution is 6.33. The predicted octanol–water partition coefficient (Wildman–Crippen LogP) is 10.8. The second-order valence-corrected chi connectivity index (χ2v) is 18.4. The molecular formula is C40H55ClN2O2. The van der Waals surface area contributed by atoms with Crippen molar-refractivity contribution in [2.75, 3.05) is 0 Å². The van der Waals surface area contributed by atoms with E-state index in [0.29, 0.717) is 45.2 Å². The molecule has 4 saturated carbocycles. The van der Waals surface area contributed by atoms with Crippen LogP contribution in [0.25, 0.3) is 11.3 Å². The molecule has 2 unspecified atom stereocenters. The summed E-state index contributed by atoms with van der Waals surface area (Å²) in [7, 11) is 0. The van der Waals surface area contributed by atoms with Gasteiger partial charge in [-0.15, -0.1) is 0 Å². The summed E-state index contributed by atoms with van der Waals surface area (Å²) in [4.78, 5) is 14.0. The minimum absolute atomic E-state index is 0.144. The number of hydrogen-bond donors (Lipinski definition) is 1. The normalized spacial score (nSPS) is 42.0. The molecule has 1 aromatic heterocycles. The third-order valence-electron chi connectivity index (χ3n) is 15.3. The number of amides is 1. The number of fused-ring (bicyclic) bond motifs is 7. The fourth-order valence-electron chi connectivity index (χ4n) is 12.2. The lowest BCUT2D eigenvalue weighted by Crippen LogP contribution is -2.63. The van der Waals surface area contributed by atoms with E-state index in [1.54, 1.807) is 5.57 Å². The maximum atomic E-state index is 14.0. The Labute approximate surface area is 276 Å². The molecule has 0 spiro atoms. The molecule has 8 atom stereocenters. The van der Waals surface area contributed by atoms with Crippen molar-refractivity contribution in [3.05, 3.63) is 52.8 Å². The standard InChI is InChI=1S/C40H55ClN2O2/c1-35(2)16-10-17-38(5)32(35)15-18-40(7)33(38)14-13-28-29-24-37(4,20-19-36(29,3)21-22-39(28,40)6)34(44)42-25-26-23-31(43-45-26)27-11-8-9-12-30(27)41/h8-9,11-13,23,29,32-33H,10,14-22,24-25H2,1-7H3,(H,42,44)/t29-,32?,33?,36-,37+,38+,39+,40-/m1/s1. The first-order chi connectivity index (χ1) is 21.2. The Kier molecular flexibility index (Phi) is 7.33. The monoisotopic (exact) mass is 630 g/mol. The number of halogens is 1. The van der Waals surface area contributed by atoms with Crippen LogP contribution in [0.5, 0.6) is 0 Å². The molecule has 2 aromatic rings. The number of carbonyl (C=O) groups excluding carboxylic acids is 1. The van der Waals surface area contributed by atoms with Crippen LogP contribution in [-0.4, -0.2) is 11.1 Å². The number of carbonyl (C=O) groups is 1. The van der Waals surface area contributed by atoms with E-state index >= 15 is 0 Å². The van der Waals surface area contributed by atoms with Crippen molar-refractivity contribution in [1.82, 2.24) is 10.5 Å². The maximum Gasteiger partial charge on any atom is 0.226 e. The van der Waals surface area contributed by atoms with Gasteiger partial charge in [0, 0.05) is 17.0 Å². The van der Waals surface area contributed by atoms with Crippen molar-refractivity contribution in [2.45, 2.75) is 126 Å². The summed E-state index contributed by atoms with van der Waals surface area (Å²) in [6.07, 6.45) is 16.4.